The zero-order chi connectivity index (χ0) is 8.81. The molecule has 0 spiro atoms. The van der Waals surface area contributed by atoms with E-state index in [-0.39, 0.29) is 0 Å². The first-order valence-corrected chi connectivity index (χ1v) is 4.56. The second-order valence-corrected chi connectivity index (χ2v) is 3.33. The van der Waals surface area contributed by atoms with Gasteiger partial charge in [-0.2, -0.15) is 0 Å². The van der Waals surface area contributed by atoms with Gasteiger partial charge in [0.1, 0.15) is 6.29 Å². The van der Waals surface area contributed by atoms with Crippen LogP contribution in [0.1, 0.15) is 19.3 Å². The van der Waals surface area contributed by atoms with Crippen molar-refractivity contribution >= 4 is 6.29 Å². The van der Waals surface area contributed by atoms with Crippen LogP contribution in [0, 0.1) is 0 Å². The normalized spacial score (nSPS) is 21.1. The lowest BCUT2D eigenvalue weighted by molar-refractivity contribution is -0.109. The number of piperidine rings is 1. The molecule has 0 aromatic heterocycles. The van der Waals surface area contributed by atoms with E-state index >= 15 is 0 Å². The van der Waals surface area contributed by atoms with Gasteiger partial charge in [0.2, 0.25) is 0 Å². The molecule has 12 heavy (non-hydrogen) atoms. The van der Waals surface area contributed by atoms with E-state index in [1.54, 1.807) is 0 Å². The molecular weight excluding hydrogens is 154 g/mol. The van der Waals surface area contributed by atoms with Gasteiger partial charge in [0.15, 0.2) is 0 Å². The Morgan fingerprint density at radius 1 is 1.50 bits per heavy atom. The van der Waals surface area contributed by atoms with Crippen LogP contribution >= 0.6 is 0 Å². The quantitative estimate of drug-likeness (QED) is 0.460. The Morgan fingerprint density at radius 3 is 2.75 bits per heavy atom. The number of nitrogens with zero attached hydrogens (tertiary/aromatic N) is 1. The average molecular weight is 171 g/mol. The van der Waals surface area contributed by atoms with Gasteiger partial charge in [-0.15, -0.1) is 0 Å². The van der Waals surface area contributed by atoms with Crippen molar-refractivity contribution in [1.29, 1.82) is 0 Å². The van der Waals surface area contributed by atoms with Crippen LogP contribution in [0.15, 0.2) is 0 Å². The summed E-state index contributed by atoms with van der Waals surface area (Å²) < 4.78 is 5.51. The van der Waals surface area contributed by atoms with E-state index in [0.717, 1.165) is 32.2 Å². The lowest BCUT2D eigenvalue weighted by Crippen LogP contribution is -2.34. The zero-order valence-corrected chi connectivity index (χ0v) is 7.66. The molecule has 1 fully saturated rings. The predicted molar refractivity (Wildman–Crippen MR) is 47.2 cm³/mol. The Morgan fingerprint density at radius 2 is 2.17 bits per heavy atom. The van der Waals surface area contributed by atoms with Crippen molar-refractivity contribution in [2.45, 2.75) is 25.4 Å². The minimum Gasteiger partial charge on any atom is -0.378 e. The molecule has 70 valence electrons. The summed E-state index contributed by atoms with van der Waals surface area (Å²) in [6.07, 6.45) is 4.05. The monoisotopic (exact) mass is 171 g/mol. The van der Waals surface area contributed by atoms with Gasteiger partial charge in [-0.1, -0.05) is 0 Å². The van der Waals surface area contributed by atoms with E-state index in [9.17, 15) is 4.79 Å². The lowest BCUT2D eigenvalue weighted by atomic mass is 10.1. The SMILES string of the molecule is CN1CCC(OCCC=O)CC1. The van der Waals surface area contributed by atoms with Gasteiger partial charge < -0.3 is 14.4 Å². The summed E-state index contributed by atoms with van der Waals surface area (Å²) >= 11 is 0. The molecule has 1 heterocycles. The van der Waals surface area contributed by atoms with Gasteiger partial charge in [-0.25, -0.2) is 0 Å². The second kappa shape index (κ2) is 5.27. The molecule has 3 heteroatoms. The van der Waals surface area contributed by atoms with Gasteiger partial charge in [-0.3, -0.25) is 0 Å². The highest BCUT2D eigenvalue weighted by Crippen LogP contribution is 2.11. The van der Waals surface area contributed by atoms with Crippen LogP contribution in [-0.2, 0) is 9.53 Å². The van der Waals surface area contributed by atoms with E-state index in [1.165, 1.54) is 0 Å². The number of ether oxygens (including phenoxy) is 1. The molecule has 1 aliphatic heterocycles. The van der Waals surface area contributed by atoms with Crippen molar-refractivity contribution in [2.75, 3.05) is 26.7 Å². The molecule has 1 rings (SSSR count). The summed E-state index contributed by atoms with van der Waals surface area (Å²) in [5.74, 6) is 0. The topological polar surface area (TPSA) is 29.5 Å². The van der Waals surface area contributed by atoms with E-state index in [0.29, 0.717) is 19.1 Å². The van der Waals surface area contributed by atoms with Crippen molar-refractivity contribution in [3.05, 3.63) is 0 Å². The van der Waals surface area contributed by atoms with E-state index < -0.39 is 0 Å². The average Bonchev–Trinajstić information content (AvgIpc) is 2.09. The first kappa shape index (κ1) is 9.68. The van der Waals surface area contributed by atoms with Crippen LogP contribution in [0.5, 0.6) is 0 Å². The van der Waals surface area contributed by atoms with E-state index in [2.05, 4.69) is 11.9 Å². The van der Waals surface area contributed by atoms with Crippen molar-refractivity contribution in [3.63, 3.8) is 0 Å². The standard InChI is InChI=1S/C9H17NO2/c1-10-5-3-9(4-6-10)12-8-2-7-11/h7,9H,2-6,8H2,1H3. The first-order valence-electron chi connectivity index (χ1n) is 4.56. The molecule has 0 aromatic rings. The van der Waals surface area contributed by atoms with Gasteiger partial charge in [0, 0.05) is 19.5 Å². The third kappa shape index (κ3) is 3.32. The highest BCUT2D eigenvalue weighted by Gasteiger charge is 2.16. The fourth-order valence-electron chi connectivity index (χ4n) is 1.43. The Kier molecular flexibility index (Phi) is 4.25. The highest BCUT2D eigenvalue weighted by atomic mass is 16.5. The summed E-state index contributed by atoms with van der Waals surface area (Å²) in [4.78, 5) is 12.3. The van der Waals surface area contributed by atoms with E-state index in [1.807, 2.05) is 0 Å². The Labute approximate surface area is 73.7 Å². The Bertz CT molecular complexity index is 130. The van der Waals surface area contributed by atoms with Crippen molar-refractivity contribution in [1.82, 2.24) is 4.90 Å². The highest BCUT2D eigenvalue weighted by molar-refractivity contribution is 5.49. The summed E-state index contributed by atoms with van der Waals surface area (Å²) in [5, 5.41) is 0. The fourth-order valence-corrected chi connectivity index (χ4v) is 1.43. The lowest BCUT2D eigenvalue weighted by Gasteiger charge is -2.28. The molecule has 0 aromatic carbocycles. The number of hydrogen-bond acceptors (Lipinski definition) is 3. The predicted octanol–water partition coefficient (Wildman–Crippen LogP) is 0.686. The maximum Gasteiger partial charge on any atom is 0.122 e. The maximum absolute atomic E-state index is 10.0. The zero-order valence-electron chi connectivity index (χ0n) is 7.66. The van der Waals surface area contributed by atoms with E-state index in [4.69, 9.17) is 4.74 Å². The Balaban J connectivity index is 2.05. The van der Waals surface area contributed by atoms with Gasteiger partial charge in [0.05, 0.1) is 12.7 Å². The molecule has 0 bridgehead atoms. The number of hydrogen-bond donors (Lipinski definition) is 0. The molecule has 0 unspecified atom stereocenters. The van der Waals surface area contributed by atoms with Gasteiger partial charge in [0.25, 0.3) is 0 Å². The van der Waals surface area contributed by atoms with Crippen LogP contribution in [0.2, 0.25) is 0 Å². The molecular formula is C9H17NO2. The number of carbonyl (C=O) groups is 1. The Hall–Kier alpha value is -0.410. The summed E-state index contributed by atoms with van der Waals surface area (Å²) in [6, 6.07) is 0. The van der Waals surface area contributed by atoms with Crippen molar-refractivity contribution < 1.29 is 9.53 Å². The van der Waals surface area contributed by atoms with Crippen LogP contribution in [0.3, 0.4) is 0 Å². The number of likely N-dealkylation sites (tertiary alicyclic amines) is 1. The molecule has 1 saturated heterocycles. The molecule has 1 aliphatic rings. The number of carbonyl (C=O) groups excluding carboxylic acids is 1. The molecule has 0 radical (unpaired) electrons. The number of aldehydes is 1. The molecule has 0 amide bonds. The second-order valence-electron chi connectivity index (χ2n) is 3.33. The third-order valence-electron chi connectivity index (χ3n) is 2.25. The van der Waals surface area contributed by atoms with Crippen LogP contribution in [-0.4, -0.2) is 44.0 Å². The van der Waals surface area contributed by atoms with Crippen LogP contribution in [0.25, 0.3) is 0 Å². The van der Waals surface area contributed by atoms with Crippen LogP contribution < -0.4 is 0 Å². The van der Waals surface area contributed by atoms with Crippen molar-refractivity contribution in [2.24, 2.45) is 0 Å². The summed E-state index contributed by atoms with van der Waals surface area (Å²) in [7, 11) is 2.13. The smallest absolute Gasteiger partial charge is 0.122 e. The first-order chi connectivity index (χ1) is 5.83. The van der Waals surface area contributed by atoms with Crippen molar-refractivity contribution in [3.8, 4) is 0 Å². The van der Waals surface area contributed by atoms with Crippen LogP contribution in [0.4, 0.5) is 0 Å². The minimum atomic E-state index is 0.390. The summed E-state index contributed by atoms with van der Waals surface area (Å²) in [5.41, 5.74) is 0. The third-order valence-corrected chi connectivity index (χ3v) is 2.25. The molecule has 0 atom stereocenters. The fraction of sp³-hybridized carbons (Fsp3) is 0.889. The van der Waals surface area contributed by atoms with Gasteiger partial charge >= 0.3 is 0 Å². The minimum absolute atomic E-state index is 0.390. The maximum atomic E-state index is 10.0. The molecule has 0 N–H and O–H groups in total. The molecule has 0 aliphatic carbocycles. The largest absolute Gasteiger partial charge is 0.378 e. The summed E-state index contributed by atoms with van der Waals surface area (Å²) in [6.45, 7) is 2.83. The van der Waals surface area contributed by atoms with Gasteiger partial charge in [-0.05, 0) is 19.9 Å². The number of rotatable bonds is 4. The molecule has 0 saturated carbocycles. The molecule has 3 nitrogen and oxygen atoms in total.